The van der Waals surface area contributed by atoms with Crippen molar-refractivity contribution < 1.29 is 0 Å². The van der Waals surface area contributed by atoms with Crippen LogP contribution in [0.25, 0.3) is 0 Å². The third-order valence-corrected chi connectivity index (χ3v) is 1.71. The summed E-state index contributed by atoms with van der Waals surface area (Å²) in [6.07, 6.45) is 0. The minimum absolute atomic E-state index is 0.411. The summed E-state index contributed by atoms with van der Waals surface area (Å²) in [6, 6.07) is 8.08. The predicted molar refractivity (Wildman–Crippen MR) is 55.1 cm³/mol. The zero-order chi connectivity index (χ0) is 9.52. The van der Waals surface area contributed by atoms with E-state index in [0.717, 1.165) is 12.1 Å². The molecule has 0 saturated heterocycles. The van der Waals surface area contributed by atoms with Gasteiger partial charge in [-0.15, -0.1) is 0 Å². The van der Waals surface area contributed by atoms with Crippen molar-refractivity contribution in [3.63, 3.8) is 0 Å². The van der Waals surface area contributed by atoms with Crippen molar-refractivity contribution in [2.24, 2.45) is 5.73 Å². The first-order valence-electron chi connectivity index (χ1n) is 4.30. The van der Waals surface area contributed by atoms with E-state index in [2.05, 4.69) is 23.2 Å². The molecule has 0 aliphatic carbocycles. The molecule has 0 amide bonds. The Hall–Kier alpha value is -1.30. The Balaban J connectivity index is 2.90. The van der Waals surface area contributed by atoms with Crippen molar-refractivity contribution in [1.82, 2.24) is 5.32 Å². The second kappa shape index (κ2) is 5.36. The van der Waals surface area contributed by atoms with E-state index in [-0.39, 0.29) is 0 Å². The Morgan fingerprint density at radius 1 is 1.38 bits per heavy atom. The van der Waals surface area contributed by atoms with E-state index in [1.165, 1.54) is 5.56 Å². The lowest BCUT2D eigenvalue weighted by molar-refractivity contribution is 0.816. The highest BCUT2D eigenvalue weighted by Gasteiger charge is 1.95. The first-order chi connectivity index (χ1) is 6.38. The molecule has 0 heterocycles. The molecule has 0 unspecified atom stereocenters. The standard InChI is InChI=1S/C11H14N2/c1-13-9-11-6-3-2-5-10(11)7-4-8-12/h2-3,5-6,13H,8-9,12H2,1H3. The lowest BCUT2D eigenvalue weighted by Crippen LogP contribution is -2.06. The van der Waals surface area contributed by atoms with Gasteiger partial charge in [-0.3, -0.25) is 0 Å². The van der Waals surface area contributed by atoms with Gasteiger partial charge in [0.05, 0.1) is 6.54 Å². The van der Waals surface area contributed by atoms with Crippen LogP contribution in [0.1, 0.15) is 11.1 Å². The fraction of sp³-hybridized carbons (Fsp3) is 0.273. The molecule has 3 N–H and O–H groups in total. The van der Waals surface area contributed by atoms with Crippen LogP contribution in [0.15, 0.2) is 24.3 Å². The van der Waals surface area contributed by atoms with E-state index in [4.69, 9.17) is 5.73 Å². The average Bonchev–Trinajstić information content (AvgIpc) is 2.17. The number of nitrogens with one attached hydrogen (secondary N) is 1. The fourth-order valence-corrected chi connectivity index (χ4v) is 1.13. The van der Waals surface area contributed by atoms with Crippen molar-refractivity contribution in [3.05, 3.63) is 35.4 Å². The summed E-state index contributed by atoms with van der Waals surface area (Å²) in [7, 11) is 1.92. The van der Waals surface area contributed by atoms with E-state index in [1.807, 2.05) is 25.2 Å². The molecule has 1 aromatic carbocycles. The first-order valence-corrected chi connectivity index (χ1v) is 4.30. The van der Waals surface area contributed by atoms with Crippen molar-refractivity contribution in [2.75, 3.05) is 13.6 Å². The van der Waals surface area contributed by atoms with Gasteiger partial charge in [0.15, 0.2) is 0 Å². The van der Waals surface area contributed by atoms with Crippen LogP contribution >= 0.6 is 0 Å². The lowest BCUT2D eigenvalue weighted by atomic mass is 10.1. The van der Waals surface area contributed by atoms with Gasteiger partial charge in [-0.05, 0) is 18.7 Å². The second-order valence-electron chi connectivity index (χ2n) is 2.69. The Labute approximate surface area is 79.1 Å². The first kappa shape index (κ1) is 9.79. The minimum Gasteiger partial charge on any atom is -0.320 e. The molecule has 0 aliphatic rings. The third-order valence-electron chi connectivity index (χ3n) is 1.71. The molecule has 2 heteroatoms. The molecular weight excluding hydrogens is 160 g/mol. The second-order valence-corrected chi connectivity index (χ2v) is 2.69. The van der Waals surface area contributed by atoms with Crippen LogP contribution in [0, 0.1) is 11.8 Å². The van der Waals surface area contributed by atoms with Crippen molar-refractivity contribution in [2.45, 2.75) is 6.54 Å². The van der Waals surface area contributed by atoms with Gasteiger partial charge in [0.2, 0.25) is 0 Å². The molecule has 1 aromatic rings. The van der Waals surface area contributed by atoms with Gasteiger partial charge in [0, 0.05) is 12.1 Å². The molecule has 0 spiro atoms. The average molecular weight is 174 g/mol. The molecule has 68 valence electrons. The third kappa shape index (κ3) is 2.90. The Morgan fingerprint density at radius 2 is 2.15 bits per heavy atom. The van der Waals surface area contributed by atoms with E-state index < -0.39 is 0 Å². The molecule has 0 atom stereocenters. The maximum Gasteiger partial charge on any atom is 0.0555 e. The topological polar surface area (TPSA) is 38.0 Å². The fourth-order valence-electron chi connectivity index (χ4n) is 1.13. The van der Waals surface area contributed by atoms with Crippen molar-refractivity contribution in [1.29, 1.82) is 0 Å². The number of benzene rings is 1. The quantitative estimate of drug-likeness (QED) is 0.648. The zero-order valence-corrected chi connectivity index (χ0v) is 7.80. The summed E-state index contributed by atoms with van der Waals surface area (Å²) >= 11 is 0. The van der Waals surface area contributed by atoms with Gasteiger partial charge in [0.25, 0.3) is 0 Å². The van der Waals surface area contributed by atoms with Crippen molar-refractivity contribution in [3.8, 4) is 11.8 Å². The Kier molecular flexibility index (Phi) is 4.04. The maximum absolute atomic E-state index is 5.31. The summed E-state index contributed by atoms with van der Waals surface area (Å²) in [5.41, 5.74) is 7.58. The van der Waals surface area contributed by atoms with Crippen LogP contribution in [0.3, 0.4) is 0 Å². The monoisotopic (exact) mass is 174 g/mol. The van der Waals surface area contributed by atoms with E-state index >= 15 is 0 Å². The highest BCUT2D eigenvalue weighted by atomic mass is 14.8. The van der Waals surface area contributed by atoms with Gasteiger partial charge >= 0.3 is 0 Å². The van der Waals surface area contributed by atoms with E-state index in [9.17, 15) is 0 Å². The summed E-state index contributed by atoms with van der Waals surface area (Å²) in [6.45, 7) is 1.25. The van der Waals surface area contributed by atoms with E-state index in [1.54, 1.807) is 0 Å². The van der Waals surface area contributed by atoms with Gasteiger partial charge in [0.1, 0.15) is 0 Å². The predicted octanol–water partition coefficient (Wildman–Crippen LogP) is 0.716. The normalized spacial score (nSPS) is 9.08. The van der Waals surface area contributed by atoms with Gasteiger partial charge in [-0.1, -0.05) is 30.0 Å². The number of hydrogen-bond acceptors (Lipinski definition) is 2. The van der Waals surface area contributed by atoms with Crippen LogP contribution in [-0.2, 0) is 6.54 Å². The highest BCUT2D eigenvalue weighted by molar-refractivity contribution is 5.41. The number of hydrogen-bond donors (Lipinski definition) is 2. The smallest absolute Gasteiger partial charge is 0.0555 e. The van der Waals surface area contributed by atoms with Crippen LogP contribution in [0.5, 0.6) is 0 Å². The Bertz CT molecular complexity index is 320. The molecule has 0 radical (unpaired) electrons. The number of nitrogens with two attached hydrogens (primary N) is 1. The van der Waals surface area contributed by atoms with E-state index in [0.29, 0.717) is 6.54 Å². The van der Waals surface area contributed by atoms with Crippen LogP contribution < -0.4 is 11.1 Å². The van der Waals surface area contributed by atoms with Gasteiger partial charge < -0.3 is 11.1 Å². The summed E-state index contributed by atoms with van der Waals surface area (Å²) < 4.78 is 0. The van der Waals surface area contributed by atoms with Crippen LogP contribution in [-0.4, -0.2) is 13.6 Å². The van der Waals surface area contributed by atoms with Crippen LogP contribution in [0.4, 0.5) is 0 Å². The molecule has 2 nitrogen and oxygen atoms in total. The zero-order valence-electron chi connectivity index (χ0n) is 7.80. The molecule has 13 heavy (non-hydrogen) atoms. The Morgan fingerprint density at radius 3 is 2.85 bits per heavy atom. The highest BCUT2D eigenvalue weighted by Crippen LogP contribution is 2.06. The molecule has 1 rings (SSSR count). The molecule has 0 aliphatic heterocycles. The van der Waals surface area contributed by atoms with Crippen LogP contribution in [0.2, 0.25) is 0 Å². The van der Waals surface area contributed by atoms with Gasteiger partial charge in [-0.2, -0.15) is 0 Å². The van der Waals surface area contributed by atoms with Gasteiger partial charge in [-0.25, -0.2) is 0 Å². The van der Waals surface area contributed by atoms with Crippen molar-refractivity contribution >= 4 is 0 Å². The molecule has 0 bridgehead atoms. The molecule has 0 aromatic heterocycles. The molecule has 0 saturated carbocycles. The minimum atomic E-state index is 0.411. The number of rotatable bonds is 2. The molecular formula is C11H14N2. The summed E-state index contributed by atoms with van der Waals surface area (Å²) in [5.74, 6) is 5.90. The lowest BCUT2D eigenvalue weighted by Gasteiger charge is -2.02. The summed E-state index contributed by atoms with van der Waals surface area (Å²) in [5, 5.41) is 3.10. The largest absolute Gasteiger partial charge is 0.320 e. The SMILES string of the molecule is CNCc1ccccc1C#CCN. The maximum atomic E-state index is 5.31. The summed E-state index contributed by atoms with van der Waals surface area (Å²) in [4.78, 5) is 0. The molecule has 0 fully saturated rings.